The molecule has 0 atom stereocenters. The Hall–Kier alpha value is -4.68. The van der Waals surface area contributed by atoms with Crippen LogP contribution in [-0.4, -0.2) is 28.8 Å². The number of aromatic carboxylic acids is 2. The van der Waals surface area contributed by atoms with Crippen LogP contribution in [0.15, 0.2) is 94.7 Å². The molecule has 39 heavy (non-hydrogen) atoms. The van der Waals surface area contributed by atoms with Gasteiger partial charge in [-0.15, -0.1) is 0 Å². The van der Waals surface area contributed by atoms with E-state index in [2.05, 4.69) is 9.44 Å². The fraction of sp³-hybridized carbons (Fsp3) is 0.0370. The number of nitrogens with one attached hydrogen (secondary N) is 2. The van der Waals surface area contributed by atoms with E-state index in [1.807, 2.05) is 0 Å². The van der Waals surface area contributed by atoms with Crippen molar-refractivity contribution < 1.29 is 36.6 Å². The molecule has 0 aliphatic heterocycles. The predicted molar refractivity (Wildman–Crippen MR) is 138 cm³/mol. The summed E-state index contributed by atoms with van der Waals surface area (Å²) in [4.78, 5) is 21.8. The van der Waals surface area contributed by atoms with E-state index in [9.17, 15) is 36.6 Å². The third kappa shape index (κ3) is 5.19. The molecule has 10 nitrogen and oxygen atoms in total. The van der Waals surface area contributed by atoms with Crippen LogP contribution >= 0.6 is 0 Å². The number of hydrogen-bond donors (Lipinski definition) is 2. The Bertz CT molecular complexity index is 1710. The zero-order chi connectivity index (χ0) is 27.9. The number of carbonyl (C=O) groups excluding carboxylic acids is 2. The van der Waals surface area contributed by atoms with Crippen molar-refractivity contribution in [1.29, 1.82) is 0 Å². The van der Waals surface area contributed by atoms with Gasteiger partial charge in [0, 0.05) is 11.4 Å². The minimum atomic E-state index is -3.99. The van der Waals surface area contributed by atoms with Crippen molar-refractivity contribution in [2.75, 3.05) is 9.44 Å². The first-order chi connectivity index (χ1) is 18.4. The van der Waals surface area contributed by atoms with E-state index >= 15 is 0 Å². The summed E-state index contributed by atoms with van der Waals surface area (Å²) in [5, 5.41) is 21.8. The fourth-order valence-corrected chi connectivity index (χ4v) is 6.49. The Morgan fingerprint density at radius 3 is 1.26 bits per heavy atom. The quantitative estimate of drug-likeness (QED) is 0.287. The van der Waals surface area contributed by atoms with Crippen LogP contribution in [0.4, 0.5) is 11.4 Å². The second-order valence-electron chi connectivity index (χ2n) is 8.76. The number of hydrogen-bond acceptors (Lipinski definition) is 8. The highest BCUT2D eigenvalue weighted by molar-refractivity contribution is 7.93. The van der Waals surface area contributed by atoms with Crippen LogP contribution in [0.25, 0.3) is 11.1 Å². The Balaban J connectivity index is 1.36. The van der Waals surface area contributed by atoms with Crippen molar-refractivity contribution in [2.24, 2.45) is 0 Å². The van der Waals surface area contributed by atoms with Crippen LogP contribution in [0.3, 0.4) is 0 Å². The van der Waals surface area contributed by atoms with E-state index in [4.69, 9.17) is 0 Å². The molecule has 0 bridgehead atoms. The molecule has 0 heterocycles. The van der Waals surface area contributed by atoms with Crippen LogP contribution < -0.4 is 19.7 Å². The molecule has 4 aromatic rings. The lowest BCUT2D eigenvalue weighted by atomic mass is 10.1. The molecule has 12 heteroatoms. The molecule has 0 fully saturated rings. The first kappa shape index (κ1) is 25.9. The third-order valence-corrected chi connectivity index (χ3v) is 8.95. The molecule has 1 aliphatic carbocycles. The largest absolute Gasteiger partial charge is 0.545 e. The number of carboxylic acid groups (broad SMARTS) is 2. The second-order valence-corrected chi connectivity index (χ2v) is 12.1. The molecule has 0 saturated carbocycles. The number of carboxylic acids is 2. The highest BCUT2D eigenvalue weighted by Gasteiger charge is 2.25. The number of fused-ring (bicyclic) bond motifs is 3. The van der Waals surface area contributed by atoms with Crippen LogP contribution in [0, 0.1) is 0 Å². The van der Waals surface area contributed by atoms with Crippen molar-refractivity contribution in [3.8, 4) is 11.1 Å². The van der Waals surface area contributed by atoms with Gasteiger partial charge in [0.2, 0.25) is 0 Å². The first-order valence-electron chi connectivity index (χ1n) is 11.4. The standard InChI is InChI=1S/C27H20N2O8S2/c30-26(31)16-1-5-20(6-2-16)28-38(34,35)22-9-11-24-18(14-22)13-19-15-23(10-12-25(19)24)39(36,37)29-21-7-3-17(4-8-21)27(32)33/h1-12,14-15,28-29H,13H2,(H,30,31)(H,32,33)/p-2. The summed E-state index contributed by atoms with van der Waals surface area (Å²) in [6, 6.07) is 19.4. The van der Waals surface area contributed by atoms with E-state index in [0.29, 0.717) is 17.5 Å². The maximum Gasteiger partial charge on any atom is 0.261 e. The number of anilines is 2. The van der Waals surface area contributed by atoms with Crippen molar-refractivity contribution >= 4 is 43.4 Å². The molecule has 0 spiro atoms. The van der Waals surface area contributed by atoms with Gasteiger partial charge in [-0.3, -0.25) is 9.44 Å². The summed E-state index contributed by atoms with van der Waals surface area (Å²) in [6.45, 7) is 0. The maximum atomic E-state index is 12.9. The zero-order valence-electron chi connectivity index (χ0n) is 19.9. The molecular formula is C27H18N2O8S2-2. The van der Waals surface area contributed by atoms with Gasteiger partial charge in [-0.05, 0) is 88.3 Å². The number of carbonyl (C=O) groups is 2. The van der Waals surface area contributed by atoms with E-state index in [1.165, 1.54) is 72.8 Å². The van der Waals surface area contributed by atoms with Crippen molar-refractivity contribution in [2.45, 2.75) is 16.2 Å². The van der Waals surface area contributed by atoms with Gasteiger partial charge in [-0.1, -0.05) is 36.4 Å². The van der Waals surface area contributed by atoms with E-state index in [1.54, 1.807) is 12.1 Å². The average Bonchev–Trinajstić information content (AvgIpc) is 3.26. The third-order valence-electron chi connectivity index (χ3n) is 6.19. The Morgan fingerprint density at radius 2 is 0.923 bits per heavy atom. The summed E-state index contributed by atoms with van der Waals surface area (Å²) < 4.78 is 56.6. The molecule has 0 unspecified atom stereocenters. The van der Waals surface area contributed by atoms with Gasteiger partial charge in [0.1, 0.15) is 0 Å². The van der Waals surface area contributed by atoms with Crippen molar-refractivity contribution in [3.05, 3.63) is 107 Å². The molecule has 4 aromatic carbocycles. The Kier molecular flexibility index (Phi) is 6.36. The van der Waals surface area contributed by atoms with Gasteiger partial charge in [0.05, 0.1) is 21.7 Å². The molecule has 0 amide bonds. The lowest BCUT2D eigenvalue weighted by molar-refractivity contribution is -0.256. The number of benzene rings is 4. The summed E-state index contributed by atoms with van der Waals surface area (Å²) in [5.74, 6) is -2.75. The van der Waals surface area contributed by atoms with E-state index in [0.717, 1.165) is 11.1 Å². The lowest BCUT2D eigenvalue weighted by Crippen LogP contribution is -2.22. The van der Waals surface area contributed by atoms with Crippen molar-refractivity contribution in [1.82, 2.24) is 0 Å². The first-order valence-corrected chi connectivity index (χ1v) is 14.3. The van der Waals surface area contributed by atoms with Gasteiger partial charge in [-0.25, -0.2) is 16.8 Å². The number of rotatable bonds is 8. The zero-order valence-corrected chi connectivity index (χ0v) is 21.5. The molecule has 2 N–H and O–H groups in total. The molecule has 198 valence electrons. The SMILES string of the molecule is O=C([O-])c1ccc(NS(=O)(=O)c2ccc3c(c2)Cc2cc(S(=O)(=O)Nc4ccc(C(=O)[O-])cc4)ccc2-3)cc1. The summed E-state index contributed by atoms with van der Waals surface area (Å²) in [6.07, 6.45) is 0.304. The minimum Gasteiger partial charge on any atom is -0.545 e. The monoisotopic (exact) mass is 562 g/mol. The number of sulfonamides is 2. The summed E-state index contributed by atoms with van der Waals surface area (Å²) in [5.41, 5.74) is 3.13. The average molecular weight is 563 g/mol. The minimum absolute atomic E-state index is 0.00690. The molecule has 0 radical (unpaired) electrons. The van der Waals surface area contributed by atoms with Crippen LogP contribution in [0.5, 0.6) is 0 Å². The Labute approximate surface area is 223 Å². The highest BCUT2D eigenvalue weighted by Crippen LogP contribution is 2.39. The van der Waals surface area contributed by atoms with Gasteiger partial charge >= 0.3 is 0 Å². The van der Waals surface area contributed by atoms with Crippen LogP contribution in [0.2, 0.25) is 0 Å². The molecule has 0 saturated heterocycles. The predicted octanol–water partition coefficient (Wildman–Crippen LogP) is 1.59. The second kappa shape index (κ2) is 9.57. The van der Waals surface area contributed by atoms with Gasteiger partial charge in [0.15, 0.2) is 0 Å². The van der Waals surface area contributed by atoms with E-state index in [-0.39, 0.29) is 32.3 Å². The molecule has 1 aliphatic rings. The molecular weight excluding hydrogens is 544 g/mol. The topological polar surface area (TPSA) is 173 Å². The molecule has 0 aromatic heterocycles. The normalized spacial score (nSPS) is 12.3. The fourth-order valence-electron chi connectivity index (χ4n) is 4.27. The van der Waals surface area contributed by atoms with Gasteiger partial charge < -0.3 is 19.8 Å². The summed E-state index contributed by atoms with van der Waals surface area (Å²) in [7, 11) is -7.98. The summed E-state index contributed by atoms with van der Waals surface area (Å²) >= 11 is 0. The van der Waals surface area contributed by atoms with Crippen LogP contribution in [-0.2, 0) is 26.5 Å². The Morgan fingerprint density at radius 1 is 0.564 bits per heavy atom. The van der Waals surface area contributed by atoms with Crippen molar-refractivity contribution in [3.63, 3.8) is 0 Å². The maximum absolute atomic E-state index is 12.9. The highest BCUT2D eigenvalue weighted by atomic mass is 32.2. The molecule has 5 rings (SSSR count). The lowest BCUT2D eigenvalue weighted by Gasteiger charge is -2.11. The smallest absolute Gasteiger partial charge is 0.261 e. The van der Waals surface area contributed by atoms with Gasteiger partial charge in [0.25, 0.3) is 20.0 Å². The van der Waals surface area contributed by atoms with E-state index < -0.39 is 32.0 Å². The van der Waals surface area contributed by atoms with Gasteiger partial charge in [-0.2, -0.15) is 0 Å². The van der Waals surface area contributed by atoms with Crippen LogP contribution in [0.1, 0.15) is 31.8 Å².